The third-order valence-corrected chi connectivity index (χ3v) is 6.43. The normalized spacial score (nSPS) is 19.5. The summed E-state index contributed by atoms with van der Waals surface area (Å²) in [5.74, 6) is -0.380. The molecule has 0 saturated carbocycles. The van der Waals surface area contributed by atoms with Crippen LogP contribution in [-0.2, 0) is 28.0 Å². The molecule has 0 spiro atoms. The number of hydrogen-bond acceptors (Lipinski definition) is 6. The van der Waals surface area contributed by atoms with Gasteiger partial charge in [-0.15, -0.1) is 5.10 Å². The number of benzene rings is 1. The van der Waals surface area contributed by atoms with E-state index in [1.807, 2.05) is 30.1 Å². The number of aromatic nitrogens is 3. The number of hydrogen-bond donors (Lipinski definition) is 2. The third-order valence-electron chi connectivity index (χ3n) is 6.43. The second kappa shape index (κ2) is 9.64. The molecule has 0 bridgehead atoms. The Hall–Kier alpha value is -3.01. The van der Waals surface area contributed by atoms with Crippen molar-refractivity contribution in [3.05, 3.63) is 23.8 Å². The van der Waals surface area contributed by atoms with Crippen molar-refractivity contribution in [2.24, 2.45) is 12.8 Å². The SMILES string of the molecule is Cn1nnc2cc(CNC(=O)C3CCCN3C(=O)C(N)CCC(=O)N3CCCC3)ccc21. The number of likely N-dealkylation sites (tertiary alicyclic amines) is 2. The number of fused-ring (bicyclic) bond motifs is 1. The zero-order valence-corrected chi connectivity index (χ0v) is 18.5. The maximum atomic E-state index is 12.9. The van der Waals surface area contributed by atoms with E-state index in [4.69, 9.17) is 5.73 Å². The maximum Gasteiger partial charge on any atom is 0.243 e. The molecule has 2 aromatic rings. The lowest BCUT2D eigenvalue weighted by atomic mass is 10.1. The summed E-state index contributed by atoms with van der Waals surface area (Å²) < 4.78 is 1.70. The number of carbonyl (C=O) groups is 3. The van der Waals surface area contributed by atoms with E-state index in [1.54, 1.807) is 9.58 Å². The summed E-state index contributed by atoms with van der Waals surface area (Å²) in [6, 6.07) is 4.45. The van der Waals surface area contributed by atoms with E-state index in [9.17, 15) is 14.4 Å². The predicted octanol–water partition coefficient (Wildman–Crippen LogP) is 0.305. The van der Waals surface area contributed by atoms with Crippen LogP contribution in [0.25, 0.3) is 11.0 Å². The number of nitrogens with zero attached hydrogens (tertiary/aromatic N) is 5. The van der Waals surface area contributed by atoms with Gasteiger partial charge in [0.25, 0.3) is 0 Å². The largest absolute Gasteiger partial charge is 0.350 e. The molecule has 2 unspecified atom stereocenters. The molecular weight excluding hydrogens is 410 g/mol. The van der Waals surface area contributed by atoms with Gasteiger partial charge in [0.05, 0.1) is 11.6 Å². The van der Waals surface area contributed by atoms with E-state index in [0.29, 0.717) is 25.9 Å². The average molecular weight is 442 g/mol. The average Bonchev–Trinajstić information content (AvgIpc) is 3.56. The first-order valence-corrected chi connectivity index (χ1v) is 11.3. The van der Waals surface area contributed by atoms with Crippen LogP contribution in [0.3, 0.4) is 0 Å². The number of aryl methyl sites for hydroxylation is 1. The molecule has 2 saturated heterocycles. The van der Waals surface area contributed by atoms with Gasteiger partial charge in [0.15, 0.2) is 0 Å². The van der Waals surface area contributed by atoms with Crippen LogP contribution >= 0.6 is 0 Å². The zero-order valence-electron chi connectivity index (χ0n) is 18.5. The van der Waals surface area contributed by atoms with Gasteiger partial charge in [0.1, 0.15) is 11.6 Å². The van der Waals surface area contributed by atoms with Gasteiger partial charge in [-0.2, -0.15) is 0 Å². The molecule has 3 heterocycles. The van der Waals surface area contributed by atoms with E-state index < -0.39 is 12.1 Å². The Morgan fingerprint density at radius 1 is 1.19 bits per heavy atom. The van der Waals surface area contributed by atoms with Crippen molar-refractivity contribution in [1.29, 1.82) is 0 Å². The minimum Gasteiger partial charge on any atom is -0.350 e. The highest BCUT2D eigenvalue weighted by atomic mass is 16.2. The van der Waals surface area contributed by atoms with Crippen LogP contribution in [0.4, 0.5) is 0 Å². The fourth-order valence-electron chi connectivity index (χ4n) is 4.55. The Kier molecular flexibility index (Phi) is 6.69. The van der Waals surface area contributed by atoms with Gasteiger partial charge in [0, 0.05) is 39.6 Å². The summed E-state index contributed by atoms with van der Waals surface area (Å²) in [5.41, 5.74) is 8.72. The summed E-state index contributed by atoms with van der Waals surface area (Å²) in [7, 11) is 1.83. The Morgan fingerprint density at radius 2 is 1.97 bits per heavy atom. The standard InChI is InChI=1S/C22H31N7O3/c1-27-18-8-6-15(13-17(18)25-26-27)14-24-21(31)19-5-4-12-29(19)22(32)16(23)7-9-20(30)28-10-2-3-11-28/h6,8,13,16,19H,2-5,7,9-12,14,23H2,1H3,(H,24,31). The fraction of sp³-hybridized carbons (Fsp3) is 0.591. The molecule has 2 atom stereocenters. The lowest BCUT2D eigenvalue weighted by Crippen LogP contribution is -2.51. The molecule has 172 valence electrons. The van der Waals surface area contributed by atoms with Crippen molar-refractivity contribution in [2.45, 2.75) is 57.2 Å². The molecular formula is C22H31N7O3. The van der Waals surface area contributed by atoms with Crippen molar-refractivity contribution in [3.63, 3.8) is 0 Å². The molecule has 3 amide bonds. The minimum atomic E-state index is -0.769. The third kappa shape index (κ3) is 4.74. The molecule has 32 heavy (non-hydrogen) atoms. The highest BCUT2D eigenvalue weighted by molar-refractivity contribution is 5.90. The van der Waals surface area contributed by atoms with Gasteiger partial charge < -0.3 is 20.9 Å². The van der Waals surface area contributed by atoms with E-state index >= 15 is 0 Å². The maximum absolute atomic E-state index is 12.9. The smallest absolute Gasteiger partial charge is 0.243 e. The number of rotatable bonds is 7. The summed E-state index contributed by atoms with van der Waals surface area (Å²) in [6.07, 6.45) is 4.01. The number of nitrogens with one attached hydrogen (secondary N) is 1. The lowest BCUT2D eigenvalue weighted by Gasteiger charge is -2.27. The van der Waals surface area contributed by atoms with Crippen LogP contribution in [0.1, 0.15) is 44.1 Å². The van der Waals surface area contributed by atoms with Gasteiger partial charge in [-0.1, -0.05) is 11.3 Å². The van der Waals surface area contributed by atoms with Crippen molar-refractivity contribution in [2.75, 3.05) is 19.6 Å². The second-order valence-corrected chi connectivity index (χ2v) is 8.68. The van der Waals surface area contributed by atoms with Crippen LogP contribution in [0.5, 0.6) is 0 Å². The topological polar surface area (TPSA) is 126 Å². The molecule has 2 aliphatic rings. The molecule has 1 aromatic heterocycles. The molecule has 2 fully saturated rings. The highest BCUT2D eigenvalue weighted by Crippen LogP contribution is 2.20. The second-order valence-electron chi connectivity index (χ2n) is 8.68. The molecule has 0 radical (unpaired) electrons. The molecule has 10 nitrogen and oxygen atoms in total. The van der Waals surface area contributed by atoms with Crippen LogP contribution in [0.15, 0.2) is 18.2 Å². The van der Waals surface area contributed by atoms with Gasteiger partial charge in [0.2, 0.25) is 17.7 Å². The van der Waals surface area contributed by atoms with Crippen LogP contribution < -0.4 is 11.1 Å². The molecule has 10 heteroatoms. The Labute approximate surface area is 187 Å². The highest BCUT2D eigenvalue weighted by Gasteiger charge is 2.36. The van der Waals surface area contributed by atoms with Crippen molar-refractivity contribution >= 4 is 28.8 Å². The van der Waals surface area contributed by atoms with Gasteiger partial charge in [-0.25, -0.2) is 4.68 Å². The van der Waals surface area contributed by atoms with Gasteiger partial charge in [-0.05, 0) is 49.8 Å². The number of amides is 3. The van der Waals surface area contributed by atoms with E-state index in [2.05, 4.69) is 15.6 Å². The van der Waals surface area contributed by atoms with Gasteiger partial charge >= 0.3 is 0 Å². The minimum absolute atomic E-state index is 0.0570. The van der Waals surface area contributed by atoms with E-state index in [0.717, 1.165) is 48.9 Å². The lowest BCUT2D eigenvalue weighted by molar-refractivity contribution is -0.140. The predicted molar refractivity (Wildman–Crippen MR) is 118 cm³/mol. The van der Waals surface area contributed by atoms with Crippen molar-refractivity contribution < 1.29 is 14.4 Å². The Bertz CT molecular complexity index is 999. The Morgan fingerprint density at radius 3 is 2.75 bits per heavy atom. The van der Waals surface area contributed by atoms with Crippen LogP contribution in [0.2, 0.25) is 0 Å². The molecule has 4 rings (SSSR count). The van der Waals surface area contributed by atoms with E-state index in [-0.39, 0.29) is 24.1 Å². The molecule has 3 N–H and O–H groups in total. The first-order chi connectivity index (χ1) is 15.4. The van der Waals surface area contributed by atoms with Crippen molar-refractivity contribution in [1.82, 2.24) is 30.1 Å². The van der Waals surface area contributed by atoms with Crippen LogP contribution in [-0.4, -0.2) is 74.2 Å². The van der Waals surface area contributed by atoms with E-state index in [1.165, 1.54) is 0 Å². The van der Waals surface area contributed by atoms with Gasteiger partial charge in [-0.3, -0.25) is 14.4 Å². The van der Waals surface area contributed by atoms with Crippen LogP contribution in [0, 0.1) is 0 Å². The molecule has 1 aromatic carbocycles. The summed E-state index contributed by atoms with van der Waals surface area (Å²) in [5, 5.41) is 11.0. The first kappa shape index (κ1) is 22.2. The monoisotopic (exact) mass is 441 g/mol. The fourth-order valence-corrected chi connectivity index (χ4v) is 4.55. The van der Waals surface area contributed by atoms with Crippen molar-refractivity contribution in [3.8, 4) is 0 Å². The molecule has 0 aliphatic carbocycles. The quantitative estimate of drug-likeness (QED) is 0.637. The first-order valence-electron chi connectivity index (χ1n) is 11.3. The number of carbonyl (C=O) groups excluding carboxylic acids is 3. The summed E-state index contributed by atoms with van der Waals surface area (Å²) in [4.78, 5) is 41.4. The Balaban J connectivity index is 1.29. The summed E-state index contributed by atoms with van der Waals surface area (Å²) in [6.45, 7) is 2.44. The number of nitrogens with two attached hydrogens (primary N) is 1. The molecule has 2 aliphatic heterocycles. The zero-order chi connectivity index (χ0) is 22.7. The summed E-state index contributed by atoms with van der Waals surface area (Å²) >= 11 is 0.